The van der Waals surface area contributed by atoms with E-state index < -0.39 is 0 Å². The first-order valence-corrected chi connectivity index (χ1v) is 6.74. The topological polar surface area (TPSA) is 24.9 Å². The van der Waals surface area contributed by atoms with Gasteiger partial charge in [-0.25, -0.2) is 4.98 Å². The van der Waals surface area contributed by atoms with Gasteiger partial charge in [-0.15, -0.1) is 11.3 Å². The van der Waals surface area contributed by atoms with Gasteiger partial charge >= 0.3 is 0 Å². The van der Waals surface area contributed by atoms with Crippen molar-refractivity contribution in [3.05, 3.63) is 43.8 Å². The second-order valence-electron chi connectivity index (χ2n) is 3.78. The molecule has 0 spiro atoms. The number of rotatable bonds is 3. The highest BCUT2D eigenvalue weighted by Crippen LogP contribution is 2.29. The molecule has 1 aromatic carbocycles. The summed E-state index contributed by atoms with van der Waals surface area (Å²) in [5.41, 5.74) is 1.84. The average molecular weight is 287 g/mol. The molecule has 1 heterocycles. The van der Waals surface area contributed by atoms with Crippen LogP contribution in [0, 0.1) is 13.8 Å². The van der Waals surface area contributed by atoms with Crippen LogP contribution in [0.1, 0.15) is 15.4 Å². The summed E-state index contributed by atoms with van der Waals surface area (Å²) in [7, 11) is 0. The van der Waals surface area contributed by atoms with Crippen molar-refractivity contribution in [2.45, 2.75) is 20.4 Å². The van der Waals surface area contributed by atoms with Crippen molar-refractivity contribution >= 4 is 40.2 Å². The molecule has 0 aliphatic carbocycles. The number of benzene rings is 1. The fourth-order valence-corrected chi connectivity index (χ4v) is 2.63. The summed E-state index contributed by atoms with van der Waals surface area (Å²) in [5, 5.41) is 5.74. The van der Waals surface area contributed by atoms with Crippen LogP contribution in [0.2, 0.25) is 10.0 Å². The van der Waals surface area contributed by atoms with Crippen molar-refractivity contribution in [1.29, 1.82) is 0 Å². The van der Waals surface area contributed by atoms with E-state index in [9.17, 15) is 0 Å². The number of thiazole rings is 1. The van der Waals surface area contributed by atoms with E-state index in [0.29, 0.717) is 11.6 Å². The summed E-state index contributed by atoms with van der Waals surface area (Å²) in [6.45, 7) is 4.64. The molecule has 90 valence electrons. The van der Waals surface area contributed by atoms with Gasteiger partial charge in [0.25, 0.3) is 0 Å². The number of nitrogens with zero attached hydrogens (tertiary/aromatic N) is 1. The predicted molar refractivity (Wildman–Crippen MR) is 75.4 cm³/mol. The highest BCUT2D eigenvalue weighted by molar-refractivity contribution is 7.11. The van der Waals surface area contributed by atoms with Crippen LogP contribution >= 0.6 is 34.5 Å². The molecule has 0 aliphatic heterocycles. The minimum atomic E-state index is 0.688. The molecule has 0 saturated carbocycles. The molecular weight excluding hydrogens is 275 g/mol. The van der Waals surface area contributed by atoms with Gasteiger partial charge in [0.2, 0.25) is 0 Å². The Morgan fingerprint density at radius 1 is 1.24 bits per heavy atom. The van der Waals surface area contributed by atoms with Crippen LogP contribution < -0.4 is 5.32 Å². The number of aryl methyl sites for hydroxylation is 2. The van der Waals surface area contributed by atoms with Crippen molar-refractivity contribution in [3.8, 4) is 0 Å². The molecule has 1 aromatic heterocycles. The van der Waals surface area contributed by atoms with Crippen LogP contribution in [-0.4, -0.2) is 4.98 Å². The number of aromatic nitrogens is 1. The quantitative estimate of drug-likeness (QED) is 0.886. The van der Waals surface area contributed by atoms with Crippen molar-refractivity contribution in [1.82, 2.24) is 4.98 Å². The highest BCUT2D eigenvalue weighted by atomic mass is 35.5. The Balaban J connectivity index is 2.11. The van der Waals surface area contributed by atoms with Crippen LogP contribution in [0.15, 0.2) is 18.3 Å². The normalized spacial score (nSPS) is 10.6. The van der Waals surface area contributed by atoms with E-state index in [1.807, 2.05) is 32.2 Å². The first-order valence-electron chi connectivity index (χ1n) is 5.17. The van der Waals surface area contributed by atoms with Gasteiger partial charge in [0.15, 0.2) is 0 Å². The lowest BCUT2D eigenvalue weighted by molar-refractivity contribution is 1.17. The Morgan fingerprint density at radius 2 is 2.00 bits per heavy atom. The molecule has 2 nitrogen and oxygen atoms in total. The van der Waals surface area contributed by atoms with Crippen molar-refractivity contribution in [2.24, 2.45) is 0 Å². The van der Waals surface area contributed by atoms with E-state index in [1.165, 1.54) is 4.88 Å². The van der Waals surface area contributed by atoms with Crippen molar-refractivity contribution in [2.75, 3.05) is 5.32 Å². The summed E-state index contributed by atoms with van der Waals surface area (Å²) in [6, 6.07) is 3.72. The number of hydrogen-bond donors (Lipinski definition) is 1. The zero-order valence-electron chi connectivity index (χ0n) is 9.55. The molecule has 0 fully saturated rings. The van der Waals surface area contributed by atoms with E-state index in [4.69, 9.17) is 23.2 Å². The molecule has 0 unspecified atom stereocenters. The minimum Gasteiger partial charge on any atom is -0.379 e. The first kappa shape index (κ1) is 12.7. The predicted octanol–water partition coefficient (Wildman–Crippen LogP) is 4.68. The van der Waals surface area contributed by atoms with E-state index in [-0.39, 0.29) is 0 Å². The molecule has 0 aliphatic rings. The third-order valence-electron chi connectivity index (χ3n) is 2.37. The maximum absolute atomic E-state index is 6.14. The van der Waals surface area contributed by atoms with Gasteiger partial charge in [0.05, 0.1) is 22.3 Å². The van der Waals surface area contributed by atoms with E-state index in [0.717, 1.165) is 21.3 Å². The van der Waals surface area contributed by atoms with Crippen LogP contribution in [0.5, 0.6) is 0 Å². The van der Waals surface area contributed by atoms with Gasteiger partial charge in [0, 0.05) is 16.1 Å². The molecular formula is C12H12Cl2N2S. The SMILES string of the molecule is Cc1ncc(CNc2cc(Cl)c(C)cc2Cl)s1. The molecule has 17 heavy (non-hydrogen) atoms. The van der Waals surface area contributed by atoms with Crippen LogP contribution in [0.4, 0.5) is 5.69 Å². The summed E-state index contributed by atoms with van der Waals surface area (Å²) < 4.78 is 0. The molecule has 0 saturated heterocycles. The summed E-state index contributed by atoms with van der Waals surface area (Å²) in [5.74, 6) is 0. The van der Waals surface area contributed by atoms with Gasteiger partial charge in [-0.1, -0.05) is 23.2 Å². The highest BCUT2D eigenvalue weighted by Gasteiger charge is 2.05. The lowest BCUT2D eigenvalue weighted by atomic mass is 10.2. The van der Waals surface area contributed by atoms with Crippen molar-refractivity contribution < 1.29 is 0 Å². The van der Waals surface area contributed by atoms with Crippen LogP contribution in [-0.2, 0) is 6.54 Å². The largest absolute Gasteiger partial charge is 0.379 e. The first-order chi connectivity index (χ1) is 8.06. The third-order valence-corrected chi connectivity index (χ3v) is 4.00. The van der Waals surface area contributed by atoms with Crippen LogP contribution in [0.3, 0.4) is 0 Å². The number of hydrogen-bond acceptors (Lipinski definition) is 3. The van der Waals surface area contributed by atoms with Crippen LogP contribution in [0.25, 0.3) is 0 Å². The Bertz CT molecular complexity index is 537. The van der Waals surface area contributed by atoms with E-state index in [1.54, 1.807) is 11.3 Å². The minimum absolute atomic E-state index is 0.688. The monoisotopic (exact) mass is 286 g/mol. The average Bonchev–Trinajstić information content (AvgIpc) is 2.68. The third kappa shape index (κ3) is 3.12. The summed E-state index contributed by atoms with van der Waals surface area (Å²) in [6.07, 6.45) is 1.87. The fourth-order valence-electron chi connectivity index (χ4n) is 1.45. The second-order valence-corrected chi connectivity index (χ2v) is 5.91. The Hall–Kier alpha value is -0.770. The molecule has 2 rings (SSSR count). The van der Waals surface area contributed by atoms with Gasteiger partial charge in [-0.3, -0.25) is 0 Å². The number of anilines is 1. The van der Waals surface area contributed by atoms with E-state index in [2.05, 4.69) is 10.3 Å². The van der Waals surface area contributed by atoms with Crippen molar-refractivity contribution in [3.63, 3.8) is 0 Å². The lowest BCUT2D eigenvalue weighted by Crippen LogP contribution is -1.98. The Labute approximate surface area is 115 Å². The second kappa shape index (κ2) is 5.25. The Morgan fingerprint density at radius 3 is 2.65 bits per heavy atom. The molecule has 2 aromatic rings. The zero-order valence-corrected chi connectivity index (χ0v) is 11.9. The standard InChI is InChI=1S/C12H12Cl2N2S/c1-7-3-11(14)12(4-10(7)13)16-6-9-5-15-8(2)17-9/h3-5,16H,6H2,1-2H3. The summed E-state index contributed by atoms with van der Waals surface area (Å²) >= 11 is 13.9. The molecule has 0 bridgehead atoms. The molecule has 0 radical (unpaired) electrons. The molecule has 5 heteroatoms. The van der Waals surface area contributed by atoms with Gasteiger partial charge in [-0.05, 0) is 31.5 Å². The fraction of sp³-hybridized carbons (Fsp3) is 0.250. The number of nitrogens with one attached hydrogen (secondary N) is 1. The molecule has 0 amide bonds. The van der Waals surface area contributed by atoms with Gasteiger partial charge < -0.3 is 5.32 Å². The number of halogens is 2. The van der Waals surface area contributed by atoms with Gasteiger partial charge in [-0.2, -0.15) is 0 Å². The van der Waals surface area contributed by atoms with Gasteiger partial charge in [0.1, 0.15) is 0 Å². The smallest absolute Gasteiger partial charge is 0.0897 e. The maximum atomic E-state index is 6.14. The zero-order chi connectivity index (χ0) is 12.4. The maximum Gasteiger partial charge on any atom is 0.0897 e. The Kier molecular flexibility index (Phi) is 3.92. The van der Waals surface area contributed by atoms with E-state index >= 15 is 0 Å². The molecule has 0 atom stereocenters. The molecule has 1 N–H and O–H groups in total. The lowest BCUT2D eigenvalue weighted by Gasteiger charge is -2.09. The summed E-state index contributed by atoms with van der Waals surface area (Å²) in [4.78, 5) is 5.38.